The predicted molar refractivity (Wildman–Crippen MR) is 101 cm³/mol. The molecule has 0 amide bonds. The Kier molecular flexibility index (Phi) is 6.94. The Morgan fingerprint density at radius 1 is 1.38 bits per heavy atom. The summed E-state index contributed by atoms with van der Waals surface area (Å²) in [6, 6.07) is 5.39. The maximum atomic E-state index is 6.20. The van der Waals surface area contributed by atoms with E-state index in [1.54, 1.807) is 6.07 Å². The van der Waals surface area contributed by atoms with Crippen molar-refractivity contribution in [1.82, 2.24) is 14.9 Å². The lowest BCUT2D eigenvalue weighted by molar-refractivity contribution is 0.600. The molecule has 0 aliphatic heterocycles. The van der Waals surface area contributed by atoms with Gasteiger partial charge in [-0.2, -0.15) is 0 Å². The fraction of sp³-hybridized carbons (Fsp3) is 0.412. The van der Waals surface area contributed by atoms with Gasteiger partial charge in [-0.15, -0.1) is 0 Å². The largest absolute Gasteiger partial charge is 0.370 e. The van der Waals surface area contributed by atoms with Crippen LogP contribution in [-0.4, -0.2) is 22.1 Å². The smallest absolute Gasteiger partial charge is 0.189 e. The molecule has 130 valence electrons. The Morgan fingerprint density at radius 3 is 2.83 bits per heavy atom. The van der Waals surface area contributed by atoms with Gasteiger partial charge in [0.05, 0.1) is 6.04 Å². The van der Waals surface area contributed by atoms with E-state index in [0.29, 0.717) is 22.5 Å². The van der Waals surface area contributed by atoms with Crippen molar-refractivity contribution in [3.63, 3.8) is 0 Å². The highest BCUT2D eigenvalue weighted by molar-refractivity contribution is 6.35. The lowest BCUT2D eigenvalue weighted by atomic mass is 10.1. The van der Waals surface area contributed by atoms with Crippen LogP contribution in [0.2, 0.25) is 10.0 Å². The molecule has 0 saturated carbocycles. The molecule has 1 atom stereocenters. The van der Waals surface area contributed by atoms with Crippen LogP contribution >= 0.6 is 23.2 Å². The molecule has 0 spiro atoms. The third-order valence-electron chi connectivity index (χ3n) is 3.81. The summed E-state index contributed by atoms with van der Waals surface area (Å²) >= 11 is 12.1. The zero-order chi connectivity index (χ0) is 17.5. The Labute approximate surface area is 152 Å². The Morgan fingerprint density at radius 2 is 2.17 bits per heavy atom. The van der Waals surface area contributed by atoms with Crippen molar-refractivity contribution in [2.24, 2.45) is 10.7 Å². The average molecular weight is 368 g/mol. The molecule has 2 aromatic rings. The summed E-state index contributed by atoms with van der Waals surface area (Å²) in [6.07, 6.45) is 5.81. The molecule has 7 heteroatoms. The number of benzene rings is 1. The standard InChI is InChI=1S/C17H23Cl2N5/c1-12(15-6-5-14(18)11-16(15)19)23-17(20)22-7-3-4-9-24-10-8-21-13(24)2/h5-6,8,10-12H,3-4,7,9H2,1-2H3,(H3,20,22,23). The Hall–Kier alpha value is -1.72. The van der Waals surface area contributed by atoms with E-state index in [9.17, 15) is 0 Å². The molecule has 1 aromatic heterocycles. The summed E-state index contributed by atoms with van der Waals surface area (Å²) in [4.78, 5) is 8.57. The van der Waals surface area contributed by atoms with Gasteiger partial charge in [0.1, 0.15) is 5.82 Å². The van der Waals surface area contributed by atoms with Crippen LogP contribution in [0, 0.1) is 6.92 Å². The van der Waals surface area contributed by atoms with E-state index in [-0.39, 0.29) is 6.04 Å². The van der Waals surface area contributed by atoms with E-state index in [0.717, 1.165) is 30.8 Å². The summed E-state index contributed by atoms with van der Waals surface area (Å²) in [7, 11) is 0. The van der Waals surface area contributed by atoms with Crippen molar-refractivity contribution in [3.05, 3.63) is 52.0 Å². The van der Waals surface area contributed by atoms with Crippen LogP contribution in [0.1, 0.15) is 37.2 Å². The second-order valence-corrected chi connectivity index (χ2v) is 6.52. The Balaban J connectivity index is 1.75. The van der Waals surface area contributed by atoms with Gasteiger partial charge in [0.2, 0.25) is 0 Å². The number of aryl methyl sites for hydroxylation is 2. The molecule has 0 saturated heterocycles. The summed E-state index contributed by atoms with van der Waals surface area (Å²) in [6.45, 7) is 5.63. The van der Waals surface area contributed by atoms with Gasteiger partial charge >= 0.3 is 0 Å². The van der Waals surface area contributed by atoms with Crippen LogP contribution in [-0.2, 0) is 6.54 Å². The quantitative estimate of drug-likeness (QED) is 0.442. The maximum Gasteiger partial charge on any atom is 0.189 e. The SMILES string of the molecule is Cc1nccn1CCCCN=C(N)NC(C)c1ccc(Cl)cc1Cl. The molecule has 0 bridgehead atoms. The first-order valence-corrected chi connectivity index (χ1v) is 8.72. The van der Waals surface area contributed by atoms with Crippen LogP contribution in [0.25, 0.3) is 0 Å². The van der Waals surface area contributed by atoms with Gasteiger partial charge in [-0.1, -0.05) is 29.3 Å². The van der Waals surface area contributed by atoms with Crippen molar-refractivity contribution in [1.29, 1.82) is 0 Å². The fourth-order valence-electron chi connectivity index (χ4n) is 2.43. The van der Waals surface area contributed by atoms with Crippen molar-refractivity contribution in [2.75, 3.05) is 6.54 Å². The van der Waals surface area contributed by atoms with Gasteiger partial charge in [-0.3, -0.25) is 4.99 Å². The number of hydrogen-bond donors (Lipinski definition) is 2. The first-order valence-electron chi connectivity index (χ1n) is 7.96. The highest BCUT2D eigenvalue weighted by Crippen LogP contribution is 2.25. The first-order chi connectivity index (χ1) is 11.5. The van der Waals surface area contributed by atoms with Gasteiger partial charge in [0.15, 0.2) is 5.96 Å². The highest BCUT2D eigenvalue weighted by Gasteiger charge is 2.10. The third-order valence-corrected chi connectivity index (χ3v) is 4.37. The minimum absolute atomic E-state index is 0.0351. The number of hydrogen-bond acceptors (Lipinski definition) is 2. The molecule has 0 fully saturated rings. The molecule has 0 aliphatic rings. The number of halogens is 2. The number of rotatable bonds is 7. The van der Waals surface area contributed by atoms with Crippen LogP contribution in [0.3, 0.4) is 0 Å². The van der Waals surface area contributed by atoms with Crippen molar-refractivity contribution in [2.45, 2.75) is 39.3 Å². The maximum absolute atomic E-state index is 6.20. The topological polar surface area (TPSA) is 68.2 Å². The third kappa shape index (κ3) is 5.42. The molecule has 0 aliphatic carbocycles. The molecule has 0 radical (unpaired) electrons. The van der Waals surface area contributed by atoms with Crippen LogP contribution in [0.4, 0.5) is 0 Å². The minimum Gasteiger partial charge on any atom is -0.370 e. The van der Waals surface area contributed by atoms with Crippen LogP contribution in [0.15, 0.2) is 35.6 Å². The number of imidazole rings is 1. The van der Waals surface area contributed by atoms with Crippen LogP contribution in [0.5, 0.6) is 0 Å². The van der Waals surface area contributed by atoms with Gasteiger partial charge in [0.25, 0.3) is 0 Å². The lowest BCUT2D eigenvalue weighted by Gasteiger charge is -2.16. The van der Waals surface area contributed by atoms with E-state index in [1.807, 2.05) is 38.4 Å². The van der Waals surface area contributed by atoms with E-state index in [2.05, 4.69) is 19.9 Å². The number of nitrogens with one attached hydrogen (secondary N) is 1. The lowest BCUT2D eigenvalue weighted by Crippen LogP contribution is -2.34. The molecule has 24 heavy (non-hydrogen) atoms. The molecule has 1 aromatic carbocycles. The van der Waals surface area contributed by atoms with Crippen molar-refractivity contribution in [3.8, 4) is 0 Å². The van der Waals surface area contributed by atoms with Crippen molar-refractivity contribution < 1.29 is 0 Å². The van der Waals surface area contributed by atoms with Gasteiger partial charge in [-0.05, 0) is 44.4 Å². The molecule has 3 N–H and O–H groups in total. The van der Waals surface area contributed by atoms with E-state index in [4.69, 9.17) is 28.9 Å². The number of aliphatic imine (C=N–C) groups is 1. The summed E-state index contributed by atoms with van der Waals surface area (Å²) in [5.74, 6) is 1.46. The minimum atomic E-state index is -0.0351. The zero-order valence-corrected chi connectivity index (χ0v) is 15.5. The highest BCUT2D eigenvalue weighted by atomic mass is 35.5. The predicted octanol–water partition coefficient (Wildman–Crippen LogP) is 3.94. The number of aromatic nitrogens is 2. The number of nitrogens with two attached hydrogens (primary N) is 1. The molecule has 1 heterocycles. The monoisotopic (exact) mass is 367 g/mol. The van der Waals surface area contributed by atoms with E-state index in [1.165, 1.54) is 0 Å². The second-order valence-electron chi connectivity index (χ2n) is 5.67. The molecule has 2 rings (SSSR count). The molecular formula is C17H23Cl2N5. The van der Waals surface area contributed by atoms with Gasteiger partial charge < -0.3 is 15.6 Å². The average Bonchev–Trinajstić information content (AvgIpc) is 2.92. The fourth-order valence-corrected chi connectivity index (χ4v) is 3.00. The first kappa shape index (κ1) is 18.6. The summed E-state index contributed by atoms with van der Waals surface area (Å²) < 4.78 is 2.13. The van der Waals surface area contributed by atoms with Crippen molar-refractivity contribution >= 4 is 29.2 Å². The van der Waals surface area contributed by atoms with Gasteiger partial charge in [-0.25, -0.2) is 4.98 Å². The van der Waals surface area contributed by atoms with Crippen LogP contribution < -0.4 is 11.1 Å². The second kappa shape index (κ2) is 8.94. The molecule has 1 unspecified atom stereocenters. The molecular weight excluding hydrogens is 345 g/mol. The summed E-state index contributed by atoms with van der Waals surface area (Å²) in [5, 5.41) is 4.39. The van der Waals surface area contributed by atoms with Gasteiger partial charge in [0, 0.05) is 35.5 Å². The van der Waals surface area contributed by atoms with E-state index >= 15 is 0 Å². The molecule has 5 nitrogen and oxygen atoms in total. The summed E-state index contributed by atoms with van der Waals surface area (Å²) in [5.41, 5.74) is 6.89. The number of nitrogens with zero attached hydrogens (tertiary/aromatic N) is 3. The normalized spacial score (nSPS) is 13.1. The zero-order valence-electron chi connectivity index (χ0n) is 14.0. The Bertz CT molecular complexity index is 696. The number of unbranched alkanes of at least 4 members (excludes halogenated alkanes) is 1. The number of guanidine groups is 1. The van der Waals surface area contributed by atoms with E-state index < -0.39 is 0 Å².